The monoisotopic (exact) mass is 491 g/mol. The van der Waals surface area contributed by atoms with Crippen LogP contribution in [0.1, 0.15) is 18.1 Å². The summed E-state index contributed by atoms with van der Waals surface area (Å²) >= 11 is 7.16. The summed E-state index contributed by atoms with van der Waals surface area (Å²) < 4.78 is 11.0. The Balaban J connectivity index is 1.56. The number of hydrogen-bond acceptors (Lipinski definition) is 6. The van der Waals surface area contributed by atoms with E-state index in [0.717, 1.165) is 16.9 Å². The molecule has 0 saturated carbocycles. The van der Waals surface area contributed by atoms with Crippen molar-refractivity contribution in [2.75, 3.05) is 6.61 Å². The molecule has 5 nitrogen and oxygen atoms in total. The van der Waals surface area contributed by atoms with Gasteiger partial charge in [-0.15, -0.1) is 0 Å². The van der Waals surface area contributed by atoms with Crippen LogP contribution in [0.3, 0.4) is 0 Å². The fourth-order valence-corrected chi connectivity index (χ4v) is 4.34. The van der Waals surface area contributed by atoms with Crippen molar-refractivity contribution < 1.29 is 19.4 Å². The fourth-order valence-electron chi connectivity index (χ4n) is 3.18. The fraction of sp³-hybridized carbons (Fsp3) is 0.111. The molecule has 7 heteroatoms. The van der Waals surface area contributed by atoms with Crippen LogP contribution in [0.2, 0.25) is 5.02 Å². The Hall–Kier alpha value is -3.48. The Morgan fingerprint density at radius 1 is 1.03 bits per heavy atom. The van der Waals surface area contributed by atoms with E-state index < -0.39 is 5.97 Å². The molecule has 0 atom stereocenters. The number of carbonyl (C=O) groups excluding carboxylic acids is 1. The largest absolute Gasteiger partial charge is 0.506 e. The molecule has 1 aliphatic heterocycles. The molecule has 1 aliphatic rings. The molecule has 172 valence electrons. The first kappa shape index (κ1) is 23.7. The molecule has 0 radical (unpaired) electrons. The van der Waals surface area contributed by atoms with Crippen LogP contribution in [0.5, 0.6) is 5.75 Å². The van der Waals surface area contributed by atoms with E-state index in [0.29, 0.717) is 27.3 Å². The molecule has 0 amide bonds. The molecule has 3 aromatic carbocycles. The van der Waals surface area contributed by atoms with Crippen LogP contribution in [0, 0.1) is 0 Å². The highest BCUT2D eigenvalue weighted by Crippen LogP contribution is 2.40. The number of rotatable bonds is 7. The first-order chi connectivity index (χ1) is 16.5. The van der Waals surface area contributed by atoms with Crippen molar-refractivity contribution >= 4 is 46.1 Å². The lowest BCUT2D eigenvalue weighted by molar-refractivity contribution is -0.138. The van der Waals surface area contributed by atoms with Crippen LogP contribution in [-0.2, 0) is 16.1 Å². The molecule has 0 unspecified atom stereocenters. The van der Waals surface area contributed by atoms with Crippen LogP contribution in [0.25, 0.3) is 6.08 Å². The van der Waals surface area contributed by atoms with Crippen LogP contribution < -0.4 is 4.74 Å². The molecule has 3 aromatic rings. The molecule has 1 heterocycles. The van der Waals surface area contributed by atoms with Crippen molar-refractivity contribution in [1.82, 2.24) is 0 Å². The number of benzene rings is 3. The van der Waals surface area contributed by atoms with E-state index in [1.54, 1.807) is 37.3 Å². The summed E-state index contributed by atoms with van der Waals surface area (Å²) in [6.45, 7) is 2.39. The van der Waals surface area contributed by atoms with Gasteiger partial charge in [0.25, 0.3) is 0 Å². The van der Waals surface area contributed by atoms with Gasteiger partial charge in [-0.2, -0.15) is 0 Å². The maximum Gasteiger partial charge on any atom is 0.344 e. The lowest BCUT2D eigenvalue weighted by atomic mass is 10.1. The number of ether oxygens (including phenoxy) is 2. The van der Waals surface area contributed by atoms with Crippen molar-refractivity contribution in [2.24, 2.45) is 4.99 Å². The minimum absolute atomic E-state index is 0.0517. The number of hydrogen-bond donors (Lipinski definition) is 1. The average molecular weight is 492 g/mol. The Bertz CT molecular complexity index is 1250. The van der Waals surface area contributed by atoms with E-state index in [1.165, 1.54) is 11.8 Å². The third-order valence-electron chi connectivity index (χ3n) is 4.85. The number of aliphatic imine (C=N–C) groups is 1. The minimum atomic E-state index is -0.617. The Kier molecular flexibility index (Phi) is 7.72. The van der Waals surface area contributed by atoms with Gasteiger partial charge in [0.15, 0.2) is 0 Å². The Morgan fingerprint density at radius 3 is 2.41 bits per heavy atom. The third kappa shape index (κ3) is 5.90. The quantitative estimate of drug-likeness (QED) is 0.356. The van der Waals surface area contributed by atoms with Crippen LogP contribution in [0.4, 0.5) is 5.69 Å². The van der Waals surface area contributed by atoms with Crippen LogP contribution >= 0.6 is 23.4 Å². The van der Waals surface area contributed by atoms with Gasteiger partial charge in [0, 0.05) is 5.02 Å². The molecule has 0 aliphatic carbocycles. The van der Waals surface area contributed by atoms with Gasteiger partial charge >= 0.3 is 5.97 Å². The molecule has 1 N–H and O–H groups in total. The van der Waals surface area contributed by atoms with E-state index in [9.17, 15) is 9.90 Å². The summed E-state index contributed by atoms with van der Waals surface area (Å²) in [6.07, 6.45) is 1.80. The Labute approximate surface area is 207 Å². The number of carbonyl (C=O) groups is 1. The lowest BCUT2D eigenvalue weighted by Gasteiger charge is -2.06. The van der Waals surface area contributed by atoms with Gasteiger partial charge in [0.2, 0.25) is 0 Å². The number of esters is 1. The maximum atomic E-state index is 12.5. The number of aliphatic hydroxyl groups is 1. The molecule has 0 bridgehead atoms. The lowest BCUT2D eigenvalue weighted by Crippen LogP contribution is -2.12. The summed E-state index contributed by atoms with van der Waals surface area (Å²) in [5.74, 6) is -0.0316. The average Bonchev–Trinajstić information content (AvgIpc) is 3.15. The highest BCUT2D eigenvalue weighted by molar-refractivity contribution is 8.18. The van der Waals surface area contributed by atoms with Crippen molar-refractivity contribution in [2.45, 2.75) is 13.5 Å². The number of aliphatic hydroxyl groups excluding tert-OH is 1. The first-order valence-corrected chi connectivity index (χ1v) is 11.8. The van der Waals surface area contributed by atoms with Crippen LogP contribution in [-0.4, -0.2) is 22.7 Å². The van der Waals surface area contributed by atoms with Gasteiger partial charge in [-0.25, -0.2) is 9.79 Å². The zero-order valence-corrected chi connectivity index (χ0v) is 20.0. The normalized spacial score (nSPS) is 15.7. The molecule has 0 aromatic heterocycles. The highest BCUT2D eigenvalue weighted by atomic mass is 35.5. The van der Waals surface area contributed by atoms with Crippen molar-refractivity contribution in [3.05, 3.63) is 111 Å². The molecule has 0 saturated heterocycles. The standard InChI is InChI=1S/C27H22ClNO4S/c1-2-32-27(31)24-25(30)23(34-26(24)29-21-12-10-20(28)11-13-21)16-18-8-14-22(15-9-18)33-17-19-6-4-3-5-7-19/h3-16,30H,2,17H2,1H3. The topological polar surface area (TPSA) is 68.1 Å². The van der Waals surface area contributed by atoms with Gasteiger partial charge in [-0.05, 0) is 60.5 Å². The second-order valence-electron chi connectivity index (χ2n) is 7.29. The zero-order valence-electron chi connectivity index (χ0n) is 18.4. The summed E-state index contributed by atoms with van der Waals surface area (Å²) in [5.41, 5.74) is 2.60. The second-order valence-corrected chi connectivity index (χ2v) is 8.76. The summed E-state index contributed by atoms with van der Waals surface area (Å²) in [6, 6.07) is 24.4. The molecule has 0 spiro atoms. The molecule has 34 heavy (non-hydrogen) atoms. The predicted octanol–water partition coefficient (Wildman–Crippen LogP) is 7.11. The Morgan fingerprint density at radius 2 is 1.74 bits per heavy atom. The smallest absolute Gasteiger partial charge is 0.344 e. The maximum absolute atomic E-state index is 12.5. The SMILES string of the molecule is CCOC(=O)C1=C(O)C(=Cc2ccc(OCc3ccccc3)cc2)SC1=Nc1ccc(Cl)cc1. The third-order valence-corrected chi connectivity index (χ3v) is 6.13. The van der Waals surface area contributed by atoms with Crippen molar-refractivity contribution in [1.29, 1.82) is 0 Å². The number of nitrogens with zero attached hydrogens (tertiary/aromatic N) is 1. The van der Waals surface area contributed by atoms with Gasteiger partial charge in [-0.3, -0.25) is 0 Å². The molecule has 0 fully saturated rings. The highest BCUT2D eigenvalue weighted by Gasteiger charge is 2.33. The molecule has 4 rings (SSSR count). The van der Waals surface area contributed by atoms with Crippen LogP contribution in [0.15, 0.2) is 100 Å². The predicted molar refractivity (Wildman–Crippen MR) is 138 cm³/mol. The first-order valence-electron chi connectivity index (χ1n) is 10.6. The molecular weight excluding hydrogens is 470 g/mol. The second kappa shape index (κ2) is 11.1. The number of halogens is 1. The van der Waals surface area contributed by atoms with Gasteiger partial charge in [-0.1, -0.05) is 65.8 Å². The summed E-state index contributed by atoms with van der Waals surface area (Å²) in [7, 11) is 0. The minimum Gasteiger partial charge on any atom is -0.506 e. The summed E-state index contributed by atoms with van der Waals surface area (Å²) in [4.78, 5) is 17.6. The zero-order chi connectivity index (χ0) is 23.9. The van der Waals surface area contributed by atoms with E-state index in [-0.39, 0.29) is 17.9 Å². The molecular formula is C27H22ClNO4S. The summed E-state index contributed by atoms with van der Waals surface area (Å²) in [5, 5.41) is 11.8. The van der Waals surface area contributed by atoms with Crippen molar-refractivity contribution in [3.63, 3.8) is 0 Å². The van der Waals surface area contributed by atoms with Gasteiger partial charge < -0.3 is 14.6 Å². The van der Waals surface area contributed by atoms with E-state index in [1.807, 2.05) is 54.6 Å². The van der Waals surface area contributed by atoms with E-state index in [4.69, 9.17) is 21.1 Å². The van der Waals surface area contributed by atoms with Gasteiger partial charge in [0.05, 0.1) is 17.2 Å². The van der Waals surface area contributed by atoms with E-state index >= 15 is 0 Å². The van der Waals surface area contributed by atoms with E-state index in [2.05, 4.69) is 4.99 Å². The number of thioether (sulfide) groups is 1. The van der Waals surface area contributed by atoms with Gasteiger partial charge in [0.1, 0.15) is 28.7 Å². The van der Waals surface area contributed by atoms with Crippen molar-refractivity contribution in [3.8, 4) is 5.75 Å².